The van der Waals surface area contributed by atoms with Gasteiger partial charge in [0.15, 0.2) is 6.04 Å². The summed E-state index contributed by atoms with van der Waals surface area (Å²) in [5.41, 5.74) is 0.941. The monoisotopic (exact) mass is 323 g/mol. The van der Waals surface area contributed by atoms with E-state index in [1.54, 1.807) is 0 Å². The van der Waals surface area contributed by atoms with Crippen molar-refractivity contribution in [1.29, 1.82) is 0 Å². The molecule has 128 valence electrons. The molecule has 1 aromatic carbocycles. The zero-order valence-corrected chi connectivity index (χ0v) is 13.9. The van der Waals surface area contributed by atoms with Crippen LogP contribution in [0.1, 0.15) is 32.8 Å². The van der Waals surface area contributed by atoms with Crippen LogP contribution in [-0.2, 0) is 20.9 Å². The molecule has 0 aliphatic carbocycles. The number of ether oxygens (including phenoxy) is 2. The van der Waals surface area contributed by atoms with Crippen LogP contribution < -0.4 is 5.32 Å². The molecule has 0 bridgehead atoms. The molecule has 0 aromatic heterocycles. The second kappa shape index (κ2) is 9.15. The Labute approximate surface area is 136 Å². The van der Waals surface area contributed by atoms with E-state index in [9.17, 15) is 9.59 Å². The number of carboxylic acids is 1. The molecule has 2 N–H and O–H groups in total. The maximum atomic E-state index is 11.7. The maximum Gasteiger partial charge on any atom is 0.408 e. The Bertz CT molecular complexity index is 495. The predicted molar refractivity (Wildman–Crippen MR) is 86.1 cm³/mol. The highest BCUT2D eigenvalue weighted by Crippen LogP contribution is 2.17. The number of carbonyl (C=O) groups excluding carboxylic acids is 1. The number of rotatable bonds is 8. The van der Waals surface area contributed by atoms with E-state index in [-0.39, 0.29) is 18.6 Å². The highest BCUT2D eigenvalue weighted by Gasteiger charge is 2.21. The number of amides is 1. The fraction of sp³-hybridized carbons (Fsp3) is 0.529. The Morgan fingerprint density at radius 2 is 1.87 bits per heavy atom. The van der Waals surface area contributed by atoms with Crippen LogP contribution in [0.15, 0.2) is 30.3 Å². The first kappa shape index (κ1) is 19.0. The zero-order valence-electron chi connectivity index (χ0n) is 13.9. The second-order valence-electron chi connectivity index (χ2n) is 6.48. The topological polar surface area (TPSA) is 84.9 Å². The normalized spacial score (nSPS) is 12.5. The van der Waals surface area contributed by atoms with Gasteiger partial charge in [0.25, 0.3) is 0 Å². The van der Waals surface area contributed by atoms with Crippen LogP contribution in [0.2, 0.25) is 0 Å². The van der Waals surface area contributed by atoms with Crippen LogP contribution in [0.25, 0.3) is 0 Å². The third-order valence-corrected chi connectivity index (χ3v) is 3.08. The fourth-order valence-corrected chi connectivity index (χ4v) is 1.66. The average molecular weight is 323 g/mol. The van der Waals surface area contributed by atoms with E-state index in [0.29, 0.717) is 6.61 Å². The minimum atomic E-state index is -1.16. The lowest BCUT2D eigenvalue weighted by atomic mass is 9.93. The fourth-order valence-electron chi connectivity index (χ4n) is 1.66. The number of carbonyl (C=O) groups is 2. The van der Waals surface area contributed by atoms with Crippen LogP contribution in [0, 0.1) is 5.41 Å². The molecule has 0 aliphatic rings. The van der Waals surface area contributed by atoms with E-state index in [1.807, 2.05) is 30.3 Å². The molecular weight excluding hydrogens is 298 g/mol. The Balaban J connectivity index is 2.34. The first-order chi connectivity index (χ1) is 10.8. The number of aliphatic carboxylic acids is 1. The Hall–Kier alpha value is -2.08. The van der Waals surface area contributed by atoms with Crippen LogP contribution in [0.5, 0.6) is 0 Å². The summed E-state index contributed by atoms with van der Waals surface area (Å²) in [6, 6.07) is 8.03. The van der Waals surface area contributed by atoms with Gasteiger partial charge < -0.3 is 19.9 Å². The molecule has 0 radical (unpaired) electrons. The van der Waals surface area contributed by atoms with Crippen molar-refractivity contribution >= 4 is 12.1 Å². The number of hydrogen-bond donors (Lipinski definition) is 2. The summed E-state index contributed by atoms with van der Waals surface area (Å²) < 4.78 is 10.3. The van der Waals surface area contributed by atoms with Gasteiger partial charge in [-0.25, -0.2) is 9.59 Å². The number of alkyl carbamates (subject to hydrolysis) is 1. The van der Waals surface area contributed by atoms with E-state index < -0.39 is 18.1 Å². The Morgan fingerprint density at radius 3 is 2.43 bits per heavy atom. The molecule has 6 nitrogen and oxygen atoms in total. The molecule has 6 heteroatoms. The lowest BCUT2D eigenvalue weighted by Gasteiger charge is -2.19. The second-order valence-corrected chi connectivity index (χ2v) is 6.48. The average Bonchev–Trinajstić information content (AvgIpc) is 2.48. The van der Waals surface area contributed by atoms with Gasteiger partial charge in [-0.15, -0.1) is 0 Å². The van der Waals surface area contributed by atoms with Gasteiger partial charge in [-0.1, -0.05) is 51.1 Å². The van der Waals surface area contributed by atoms with Crippen molar-refractivity contribution in [1.82, 2.24) is 5.32 Å². The van der Waals surface area contributed by atoms with Gasteiger partial charge in [0.2, 0.25) is 0 Å². The molecule has 23 heavy (non-hydrogen) atoms. The van der Waals surface area contributed by atoms with Gasteiger partial charge in [-0.05, 0) is 17.4 Å². The number of nitrogens with one attached hydrogen (secondary N) is 1. The molecule has 1 unspecified atom stereocenters. The summed E-state index contributed by atoms with van der Waals surface area (Å²) in [5, 5.41) is 11.4. The van der Waals surface area contributed by atoms with Gasteiger partial charge in [0, 0.05) is 6.61 Å². The molecule has 0 saturated heterocycles. The minimum Gasteiger partial charge on any atom is -0.480 e. The Kier molecular flexibility index (Phi) is 7.54. The lowest BCUT2D eigenvalue weighted by molar-refractivity contribution is -0.141. The summed E-state index contributed by atoms with van der Waals surface area (Å²) in [4.78, 5) is 22.8. The molecular formula is C17H25NO5. The molecule has 0 heterocycles. The molecule has 0 spiro atoms. The third kappa shape index (κ3) is 8.83. The number of benzene rings is 1. The van der Waals surface area contributed by atoms with Crippen molar-refractivity contribution < 1.29 is 24.2 Å². The van der Waals surface area contributed by atoms with Crippen LogP contribution in [0.3, 0.4) is 0 Å². The largest absolute Gasteiger partial charge is 0.480 e. The van der Waals surface area contributed by atoms with Gasteiger partial charge in [-0.2, -0.15) is 0 Å². The molecule has 1 atom stereocenters. The summed E-state index contributed by atoms with van der Waals surface area (Å²) in [6.07, 6.45) is 0.0262. The SMILES string of the molecule is CC(C)(C)CCOCC(NC(=O)OCc1ccccc1)C(=O)O. The first-order valence-corrected chi connectivity index (χ1v) is 7.56. The van der Waals surface area contributed by atoms with Gasteiger partial charge in [0.1, 0.15) is 6.61 Å². The minimum absolute atomic E-state index is 0.0872. The van der Waals surface area contributed by atoms with Crippen molar-refractivity contribution in [2.24, 2.45) is 5.41 Å². The summed E-state index contributed by atoms with van der Waals surface area (Å²) in [5.74, 6) is -1.16. The van der Waals surface area contributed by atoms with Crippen molar-refractivity contribution in [2.45, 2.75) is 39.8 Å². The van der Waals surface area contributed by atoms with E-state index >= 15 is 0 Å². The molecule has 1 aromatic rings. The molecule has 1 amide bonds. The molecule has 0 fully saturated rings. The summed E-state index contributed by atoms with van der Waals surface area (Å²) in [7, 11) is 0. The quantitative estimate of drug-likeness (QED) is 0.719. The smallest absolute Gasteiger partial charge is 0.408 e. The van der Waals surface area contributed by atoms with Gasteiger partial charge in [0.05, 0.1) is 6.61 Å². The van der Waals surface area contributed by atoms with Crippen LogP contribution >= 0.6 is 0 Å². The van der Waals surface area contributed by atoms with Crippen molar-refractivity contribution in [2.75, 3.05) is 13.2 Å². The highest BCUT2D eigenvalue weighted by atomic mass is 16.5. The zero-order chi connectivity index (χ0) is 17.3. The first-order valence-electron chi connectivity index (χ1n) is 7.56. The summed E-state index contributed by atoms with van der Waals surface area (Å²) in [6.45, 7) is 6.66. The number of hydrogen-bond acceptors (Lipinski definition) is 4. The standard InChI is InChI=1S/C17H25NO5/c1-17(2,3)9-10-22-12-14(15(19)20)18-16(21)23-11-13-7-5-4-6-8-13/h4-8,14H,9-12H2,1-3H3,(H,18,21)(H,19,20). The van der Waals surface area contributed by atoms with E-state index in [2.05, 4.69) is 26.1 Å². The molecule has 0 saturated carbocycles. The van der Waals surface area contributed by atoms with Crippen LogP contribution in [0.4, 0.5) is 4.79 Å². The maximum absolute atomic E-state index is 11.7. The van der Waals surface area contributed by atoms with Crippen molar-refractivity contribution in [3.8, 4) is 0 Å². The Morgan fingerprint density at radius 1 is 1.22 bits per heavy atom. The lowest BCUT2D eigenvalue weighted by Crippen LogP contribution is -2.44. The van der Waals surface area contributed by atoms with Gasteiger partial charge >= 0.3 is 12.1 Å². The van der Waals surface area contributed by atoms with Crippen molar-refractivity contribution in [3.05, 3.63) is 35.9 Å². The van der Waals surface area contributed by atoms with E-state index in [1.165, 1.54) is 0 Å². The third-order valence-electron chi connectivity index (χ3n) is 3.08. The van der Waals surface area contributed by atoms with E-state index in [4.69, 9.17) is 14.6 Å². The molecule has 0 aliphatic heterocycles. The predicted octanol–water partition coefficient (Wildman–Crippen LogP) is 2.82. The summed E-state index contributed by atoms with van der Waals surface area (Å²) >= 11 is 0. The van der Waals surface area contributed by atoms with Crippen molar-refractivity contribution in [3.63, 3.8) is 0 Å². The number of carboxylic acid groups (broad SMARTS) is 1. The van der Waals surface area contributed by atoms with Crippen LogP contribution in [-0.4, -0.2) is 36.4 Å². The molecule has 1 rings (SSSR count). The van der Waals surface area contributed by atoms with E-state index in [0.717, 1.165) is 12.0 Å². The highest BCUT2D eigenvalue weighted by molar-refractivity contribution is 5.79. The van der Waals surface area contributed by atoms with Gasteiger partial charge in [-0.3, -0.25) is 0 Å².